The van der Waals surface area contributed by atoms with Crippen LogP contribution in [-0.4, -0.2) is 44.3 Å². The van der Waals surface area contributed by atoms with E-state index >= 15 is 0 Å². The van der Waals surface area contributed by atoms with Crippen LogP contribution in [0.1, 0.15) is 19.3 Å². The Kier molecular flexibility index (Phi) is 4.57. The number of carbonyl (C=O) groups excluding carboxylic acids is 3. The smallest absolute Gasteiger partial charge is 0.249 e. The molecular formula is C15H14ClN5O3. The molecule has 0 radical (unpaired) electrons. The van der Waals surface area contributed by atoms with Crippen LogP contribution < -0.4 is 5.32 Å². The van der Waals surface area contributed by atoms with Crippen molar-refractivity contribution in [1.29, 1.82) is 0 Å². The zero-order chi connectivity index (χ0) is 17.1. The van der Waals surface area contributed by atoms with Gasteiger partial charge in [-0.25, -0.2) is 0 Å². The normalized spacial score (nSPS) is 14.3. The quantitative estimate of drug-likeness (QED) is 0.799. The van der Waals surface area contributed by atoms with Gasteiger partial charge in [0, 0.05) is 36.4 Å². The number of aromatic amines is 1. The highest BCUT2D eigenvalue weighted by atomic mass is 35.5. The molecular weight excluding hydrogens is 334 g/mol. The number of benzene rings is 1. The Labute approximate surface area is 142 Å². The number of nitrogens with zero attached hydrogens (tertiary/aromatic N) is 3. The molecule has 2 aromatic rings. The first-order chi connectivity index (χ1) is 11.5. The van der Waals surface area contributed by atoms with Crippen molar-refractivity contribution in [3.8, 4) is 11.4 Å². The lowest BCUT2D eigenvalue weighted by Crippen LogP contribution is -2.32. The summed E-state index contributed by atoms with van der Waals surface area (Å²) in [7, 11) is 0. The number of imide groups is 1. The number of hydrogen-bond donors (Lipinski definition) is 2. The van der Waals surface area contributed by atoms with Crippen LogP contribution in [0.25, 0.3) is 11.4 Å². The first-order valence-electron chi connectivity index (χ1n) is 7.34. The van der Waals surface area contributed by atoms with Crippen LogP contribution in [0.2, 0.25) is 5.02 Å². The van der Waals surface area contributed by atoms with Crippen LogP contribution in [0.4, 0.5) is 5.95 Å². The van der Waals surface area contributed by atoms with E-state index in [1.165, 1.54) is 0 Å². The second kappa shape index (κ2) is 6.79. The third-order valence-corrected chi connectivity index (χ3v) is 3.79. The Morgan fingerprint density at radius 3 is 2.75 bits per heavy atom. The van der Waals surface area contributed by atoms with E-state index in [0.717, 1.165) is 10.5 Å². The number of amides is 3. The SMILES string of the molecule is O=C(CCN1C(=O)CCC1=O)Nc1n[nH]c(-c2cccc(Cl)c2)n1. The highest BCUT2D eigenvalue weighted by Gasteiger charge is 2.28. The zero-order valence-electron chi connectivity index (χ0n) is 12.6. The van der Waals surface area contributed by atoms with Crippen molar-refractivity contribution in [2.75, 3.05) is 11.9 Å². The van der Waals surface area contributed by atoms with Gasteiger partial charge in [0.25, 0.3) is 0 Å². The number of carbonyl (C=O) groups is 3. The van der Waals surface area contributed by atoms with Gasteiger partial charge in [-0.05, 0) is 12.1 Å². The largest absolute Gasteiger partial charge is 0.293 e. The summed E-state index contributed by atoms with van der Waals surface area (Å²) in [6.45, 7) is 0.0646. The van der Waals surface area contributed by atoms with E-state index in [2.05, 4.69) is 20.5 Å². The minimum Gasteiger partial charge on any atom is -0.293 e. The van der Waals surface area contributed by atoms with Crippen LogP contribution in [0.3, 0.4) is 0 Å². The van der Waals surface area contributed by atoms with Crippen molar-refractivity contribution in [3.63, 3.8) is 0 Å². The average molecular weight is 348 g/mol. The molecule has 3 amide bonds. The molecule has 1 aliphatic rings. The van der Waals surface area contributed by atoms with Crippen LogP contribution in [0.15, 0.2) is 24.3 Å². The van der Waals surface area contributed by atoms with Crippen LogP contribution >= 0.6 is 11.6 Å². The zero-order valence-corrected chi connectivity index (χ0v) is 13.3. The maximum Gasteiger partial charge on any atom is 0.249 e. The Morgan fingerprint density at radius 2 is 2.04 bits per heavy atom. The van der Waals surface area contributed by atoms with E-state index in [0.29, 0.717) is 10.8 Å². The van der Waals surface area contributed by atoms with E-state index in [1.54, 1.807) is 18.2 Å². The number of H-pyrrole nitrogens is 1. The summed E-state index contributed by atoms with van der Waals surface area (Å²) < 4.78 is 0. The molecule has 124 valence electrons. The molecule has 1 aromatic carbocycles. The van der Waals surface area contributed by atoms with E-state index in [4.69, 9.17) is 11.6 Å². The third-order valence-electron chi connectivity index (χ3n) is 3.55. The van der Waals surface area contributed by atoms with Gasteiger partial charge in [0.2, 0.25) is 23.7 Å². The van der Waals surface area contributed by atoms with E-state index in [9.17, 15) is 14.4 Å². The Morgan fingerprint density at radius 1 is 1.29 bits per heavy atom. The number of hydrogen-bond acceptors (Lipinski definition) is 5. The number of rotatable bonds is 5. The molecule has 8 nitrogen and oxygen atoms in total. The van der Waals surface area contributed by atoms with Gasteiger partial charge < -0.3 is 0 Å². The maximum atomic E-state index is 11.9. The lowest BCUT2D eigenvalue weighted by atomic mass is 10.2. The van der Waals surface area contributed by atoms with Crippen molar-refractivity contribution >= 4 is 35.3 Å². The topological polar surface area (TPSA) is 108 Å². The molecule has 9 heteroatoms. The molecule has 0 spiro atoms. The van der Waals surface area contributed by atoms with Gasteiger partial charge in [0.05, 0.1) is 0 Å². The molecule has 2 N–H and O–H groups in total. The lowest BCUT2D eigenvalue weighted by molar-refractivity contribution is -0.138. The van der Waals surface area contributed by atoms with Crippen molar-refractivity contribution < 1.29 is 14.4 Å². The molecule has 3 rings (SSSR count). The maximum absolute atomic E-state index is 11.9. The Hall–Kier alpha value is -2.74. The molecule has 0 atom stereocenters. The van der Waals surface area contributed by atoms with Crippen molar-refractivity contribution in [3.05, 3.63) is 29.3 Å². The van der Waals surface area contributed by atoms with Gasteiger partial charge in [-0.2, -0.15) is 4.98 Å². The first-order valence-corrected chi connectivity index (χ1v) is 7.72. The van der Waals surface area contributed by atoms with Crippen LogP contribution in [0.5, 0.6) is 0 Å². The van der Waals surface area contributed by atoms with Crippen LogP contribution in [-0.2, 0) is 14.4 Å². The predicted molar refractivity (Wildman–Crippen MR) is 86.0 cm³/mol. The molecule has 1 fully saturated rings. The first kappa shape index (κ1) is 16.1. The van der Waals surface area contributed by atoms with E-state index < -0.39 is 0 Å². The number of anilines is 1. The minimum atomic E-state index is -0.376. The summed E-state index contributed by atoms with van der Waals surface area (Å²) in [5.41, 5.74) is 0.740. The molecule has 1 aromatic heterocycles. The molecule has 24 heavy (non-hydrogen) atoms. The monoisotopic (exact) mass is 347 g/mol. The lowest BCUT2D eigenvalue weighted by Gasteiger charge is -2.12. The highest BCUT2D eigenvalue weighted by molar-refractivity contribution is 6.30. The molecule has 1 saturated heterocycles. The molecule has 2 heterocycles. The molecule has 0 bridgehead atoms. The van der Waals surface area contributed by atoms with Crippen LogP contribution in [0, 0.1) is 0 Å². The van der Waals surface area contributed by atoms with Gasteiger partial charge in [-0.1, -0.05) is 23.7 Å². The van der Waals surface area contributed by atoms with Crippen molar-refractivity contribution in [2.24, 2.45) is 0 Å². The highest BCUT2D eigenvalue weighted by Crippen LogP contribution is 2.20. The van der Waals surface area contributed by atoms with Crippen molar-refractivity contribution in [1.82, 2.24) is 20.1 Å². The summed E-state index contributed by atoms with van der Waals surface area (Å²) in [5, 5.41) is 9.72. The summed E-state index contributed by atoms with van der Waals surface area (Å²) >= 11 is 5.92. The second-order valence-electron chi connectivity index (χ2n) is 5.26. The molecule has 0 saturated carbocycles. The summed E-state index contributed by atoms with van der Waals surface area (Å²) in [6.07, 6.45) is 0.424. The summed E-state index contributed by atoms with van der Waals surface area (Å²) in [4.78, 5) is 40.1. The Balaban J connectivity index is 1.57. The fourth-order valence-corrected chi connectivity index (χ4v) is 2.55. The Bertz CT molecular complexity index is 788. The van der Waals surface area contributed by atoms with Gasteiger partial charge in [-0.15, -0.1) is 5.10 Å². The number of aromatic nitrogens is 3. The fraction of sp³-hybridized carbons (Fsp3) is 0.267. The number of nitrogens with one attached hydrogen (secondary N) is 2. The van der Waals surface area contributed by atoms with Gasteiger partial charge >= 0.3 is 0 Å². The van der Waals surface area contributed by atoms with E-state index in [-0.39, 0.29) is 49.5 Å². The minimum absolute atomic E-state index is 0.00147. The van der Waals surface area contributed by atoms with Crippen molar-refractivity contribution in [2.45, 2.75) is 19.3 Å². The second-order valence-corrected chi connectivity index (χ2v) is 5.69. The number of halogens is 1. The van der Waals surface area contributed by atoms with E-state index in [1.807, 2.05) is 6.07 Å². The predicted octanol–water partition coefficient (Wildman–Crippen LogP) is 1.60. The summed E-state index contributed by atoms with van der Waals surface area (Å²) in [6, 6.07) is 7.05. The molecule has 0 unspecified atom stereocenters. The fourth-order valence-electron chi connectivity index (χ4n) is 2.36. The summed E-state index contributed by atoms with van der Waals surface area (Å²) in [5.74, 6) is -0.270. The molecule has 1 aliphatic heterocycles. The number of likely N-dealkylation sites (tertiary alicyclic amines) is 1. The molecule has 0 aliphatic carbocycles. The van der Waals surface area contributed by atoms with Gasteiger partial charge in [-0.3, -0.25) is 29.7 Å². The van der Waals surface area contributed by atoms with Gasteiger partial charge in [0.1, 0.15) is 0 Å². The standard InChI is InChI=1S/C15H14ClN5O3/c16-10-3-1-2-9(8-10)14-18-15(20-19-14)17-11(22)6-7-21-12(23)4-5-13(21)24/h1-3,8H,4-7H2,(H2,17,18,19,20,22). The third kappa shape index (κ3) is 3.60. The van der Waals surface area contributed by atoms with Gasteiger partial charge in [0.15, 0.2) is 5.82 Å². The average Bonchev–Trinajstić information content (AvgIpc) is 3.13.